The molecule has 1 rings (SSSR count). The van der Waals surface area contributed by atoms with Gasteiger partial charge in [-0.3, -0.25) is 0 Å². The quantitative estimate of drug-likeness (QED) is 0.581. The van der Waals surface area contributed by atoms with Crippen molar-refractivity contribution in [2.24, 2.45) is 0 Å². The Bertz CT molecular complexity index is 438. The zero-order chi connectivity index (χ0) is 13.7. The predicted molar refractivity (Wildman–Crippen MR) is 67.2 cm³/mol. The normalized spacial score (nSPS) is 12.2. The lowest BCUT2D eigenvalue weighted by molar-refractivity contribution is 0.0698. The van der Waals surface area contributed by atoms with Gasteiger partial charge >= 0.3 is 5.97 Å². The summed E-state index contributed by atoms with van der Waals surface area (Å²) < 4.78 is 13.2. The van der Waals surface area contributed by atoms with Gasteiger partial charge in [0, 0.05) is 6.54 Å². The number of benzene rings is 1. The Morgan fingerprint density at radius 2 is 2.22 bits per heavy atom. The van der Waals surface area contributed by atoms with Crippen molar-refractivity contribution in [3.8, 4) is 0 Å². The number of aliphatic hydroxyl groups is 1. The Balaban J connectivity index is 2.89. The molecule has 18 heavy (non-hydrogen) atoms. The Labute approximate surface area is 104 Å². The summed E-state index contributed by atoms with van der Waals surface area (Å²) in [4.78, 5) is 11.0. The standard InChI is InChI=1S/C12H17FN2O3/c1-2-3-7(16)6-15-9-5-4-8(13)11(14)10(9)12(17)18/h4-5,7,15-16H,2-3,6,14H2,1H3,(H,17,18). The number of carboxylic acids is 1. The van der Waals surface area contributed by atoms with Gasteiger partial charge in [-0.25, -0.2) is 9.18 Å². The highest BCUT2D eigenvalue weighted by Crippen LogP contribution is 2.25. The van der Waals surface area contributed by atoms with Crippen LogP contribution >= 0.6 is 0 Å². The number of rotatable bonds is 6. The van der Waals surface area contributed by atoms with E-state index in [4.69, 9.17) is 10.8 Å². The van der Waals surface area contributed by atoms with Gasteiger partial charge in [-0.05, 0) is 18.6 Å². The van der Waals surface area contributed by atoms with Gasteiger partial charge in [-0.2, -0.15) is 0 Å². The monoisotopic (exact) mass is 256 g/mol. The van der Waals surface area contributed by atoms with E-state index >= 15 is 0 Å². The number of hydrogen-bond donors (Lipinski definition) is 4. The van der Waals surface area contributed by atoms with Crippen LogP contribution in [-0.2, 0) is 0 Å². The molecular weight excluding hydrogens is 239 g/mol. The van der Waals surface area contributed by atoms with Crippen LogP contribution in [-0.4, -0.2) is 28.8 Å². The Morgan fingerprint density at radius 3 is 2.78 bits per heavy atom. The Morgan fingerprint density at radius 1 is 1.56 bits per heavy atom. The first kappa shape index (κ1) is 14.2. The molecule has 0 fully saturated rings. The average molecular weight is 256 g/mol. The molecule has 0 aromatic heterocycles. The number of hydrogen-bond acceptors (Lipinski definition) is 4. The number of carboxylic acid groups (broad SMARTS) is 1. The average Bonchev–Trinajstić information content (AvgIpc) is 2.30. The van der Waals surface area contributed by atoms with Crippen molar-refractivity contribution in [2.75, 3.05) is 17.6 Å². The van der Waals surface area contributed by atoms with Crippen molar-refractivity contribution in [1.82, 2.24) is 0 Å². The molecule has 0 bridgehead atoms. The van der Waals surface area contributed by atoms with Crippen molar-refractivity contribution in [1.29, 1.82) is 0 Å². The van der Waals surface area contributed by atoms with Crippen LogP contribution in [0.3, 0.4) is 0 Å². The van der Waals surface area contributed by atoms with Crippen LogP contribution in [0.5, 0.6) is 0 Å². The van der Waals surface area contributed by atoms with E-state index in [9.17, 15) is 14.3 Å². The lowest BCUT2D eigenvalue weighted by atomic mass is 10.1. The second-order valence-electron chi connectivity index (χ2n) is 4.01. The summed E-state index contributed by atoms with van der Waals surface area (Å²) in [5, 5.41) is 21.3. The van der Waals surface area contributed by atoms with Gasteiger partial charge < -0.3 is 21.3 Å². The summed E-state index contributed by atoms with van der Waals surface area (Å²) in [7, 11) is 0. The highest BCUT2D eigenvalue weighted by molar-refractivity contribution is 6.00. The van der Waals surface area contributed by atoms with Gasteiger partial charge in [0.25, 0.3) is 0 Å². The smallest absolute Gasteiger partial charge is 0.340 e. The number of nitrogens with one attached hydrogen (secondary N) is 1. The summed E-state index contributed by atoms with van der Waals surface area (Å²) in [5.41, 5.74) is 4.88. The van der Waals surface area contributed by atoms with E-state index in [0.29, 0.717) is 6.42 Å². The van der Waals surface area contributed by atoms with E-state index in [-0.39, 0.29) is 17.8 Å². The molecule has 0 saturated heterocycles. The molecule has 5 nitrogen and oxygen atoms in total. The molecular formula is C12H17FN2O3. The number of nitrogens with two attached hydrogens (primary N) is 1. The maximum Gasteiger partial charge on any atom is 0.340 e. The molecule has 6 heteroatoms. The molecule has 0 amide bonds. The lowest BCUT2D eigenvalue weighted by Gasteiger charge is -2.15. The third-order valence-electron chi connectivity index (χ3n) is 2.56. The first-order valence-corrected chi connectivity index (χ1v) is 5.70. The van der Waals surface area contributed by atoms with E-state index < -0.39 is 23.6 Å². The molecule has 100 valence electrons. The van der Waals surface area contributed by atoms with Crippen molar-refractivity contribution < 1.29 is 19.4 Å². The number of aromatic carboxylic acids is 1. The lowest BCUT2D eigenvalue weighted by Crippen LogP contribution is -2.21. The van der Waals surface area contributed by atoms with Gasteiger partial charge in [0.15, 0.2) is 0 Å². The maximum absolute atomic E-state index is 13.2. The summed E-state index contributed by atoms with van der Waals surface area (Å²) in [6.45, 7) is 2.13. The molecule has 0 spiro atoms. The molecule has 1 unspecified atom stereocenters. The number of aliphatic hydroxyl groups excluding tert-OH is 1. The topological polar surface area (TPSA) is 95.6 Å². The first-order chi connectivity index (χ1) is 8.47. The second kappa shape index (κ2) is 6.20. The number of nitrogen functional groups attached to an aromatic ring is 1. The van der Waals surface area contributed by atoms with E-state index in [1.807, 2.05) is 6.92 Å². The molecule has 5 N–H and O–H groups in total. The minimum atomic E-state index is -1.31. The molecule has 0 radical (unpaired) electrons. The highest BCUT2D eigenvalue weighted by Gasteiger charge is 2.17. The van der Waals surface area contributed by atoms with Crippen molar-refractivity contribution in [3.05, 3.63) is 23.5 Å². The SMILES string of the molecule is CCCC(O)CNc1ccc(F)c(N)c1C(=O)O. The van der Waals surface area contributed by atoms with Crippen LogP contribution in [0.4, 0.5) is 15.8 Å². The van der Waals surface area contributed by atoms with Gasteiger partial charge in [0.1, 0.15) is 11.4 Å². The van der Waals surface area contributed by atoms with Crippen molar-refractivity contribution >= 4 is 17.3 Å². The summed E-state index contributed by atoms with van der Waals surface area (Å²) in [6.07, 6.45) is 0.842. The van der Waals surface area contributed by atoms with Gasteiger partial charge in [-0.15, -0.1) is 0 Å². The van der Waals surface area contributed by atoms with Crippen molar-refractivity contribution in [2.45, 2.75) is 25.9 Å². The zero-order valence-electron chi connectivity index (χ0n) is 10.1. The van der Waals surface area contributed by atoms with Gasteiger partial charge in [0.2, 0.25) is 0 Å². The molecule has 0 saturated carbocycles. The molecule has 0 aliphatic heterocycles. The van der Waals surface area contributed by atoms with Crippen LogP contribution in [0.1, 0.15) is 30.1 Å². The molecule has 0 heterocycles. The Hall–Kier alpha value is -1.82. The van der Waals surface area contributed by atoms with E-state index in [0.717, 1.165) is 12.5 Å². The molecule has 0 aliphatic rings. The zero-order valence-corrected chi connectivity index (χ0v) is 10.1. The third kappa shape index (κ3) is 3.33. The van der Waals surface area contributed by atoms with Gasteiger partial charge in [0.05, 0.1) is 17.5 Å². The predicted octanol–water partition coefficient (Wildman–Crippen LogP) is 1.68. The Kier molecular flexibility index (Phi) is 4.91. The molecule has 0 aliphatic carbocycles. The minimum absolute atomic E-state index is 0.194. The van der Waals surface area contributed by atoms with E-state index in [2.05, 4.69) is 5.32 Å². The van der Waals surface area contributed by atoms with Crippen LogP contribution < -0.4 is 11.1 Å². The highest BCUT2D eigenvalue weighted by atomic mass is 19.1. The number of anilines is 2. The van der Waals surface area contributed by atoms with Crippen LogP contribution in [0, 0.1) is 5.82 Å². The van der Waals surface area contributed by atoms with Crippen molar-refractivity contribution in [3.63, 3.8) is 0 Å². The molecule has 1 atom stereocenters. The van der Waals surface area contributed by atoms with Crippen LogP contribution in [0.25, 0.3) is 0 Å². The largest absolute Gasteiger partial charge is 0.478 e. The van der Waals surface area contributed by atoms with E-state index in [1.165, 1.54) is 6.07 Å². The fraction of sp³-hybridized carbons (Fsp3) is 0.417. The molecule has 1 aromatic carbocycles. The minimum Gasteiger partial charge on any atom is -0.478 e. The van der Waals surface area contributed by atoms with Crippen LogP contribution in [0.15, 0.2) is 12.1 Å². The summed E-state index contributed by atoms with van der Waals surface area (Å²) in [5.74, 6) is -2.08. The fourth-order valence-electron chi connectivity index (χ4n) is 1.63. The summed E-state index contributed by atoms with van der Waals surface area (Å²) in [6, 6.07) is 2.39. The molecule has 1 aromatic rings. The maximum atomic E-state index is 13.2. The number of carbonyl (C=O) groups is 1. The number of halogens is 1. The fourth-order valence-corrected chi connectivity index (χ4v) is 1.63. The van der Waals surface area contributed by atoms with Crippen LogP contribution in [0.2, 0.25) is 0 Å². The van der Waals surface area contributed by atoms with E-state index in [1.54, 1.807) is 0 Å². The third-order valence-corrected chi connectivity index (χ3v) is 2.56. The second-order valence-corrected chi connectivity index (χ2v) is 4.01. The first-order valence-electron chi connectivity index (χ1n) is 5.70. The van der Waals surface area contributed by atoms with Gasteiger partial charge in [-0.1, -0.05) is 13.3 Å². The summed E-state index contributed by atoms with van der Waals surface area (Å²) >= 11 is 0.